The summed E-state index contributed by atoms with van der Waals surface area (Å²) in [6.07, 6.45) is 0. The highest BCUT2D eigenvalue weighted by molar-refractivity contribution is 6.30. The highest BCUT2D eigenvalue weighted by Crippen LogP contribution is 2.22. The van der Waals surface area contributed by atoms with Crippen LogP contribution >= 0.6 is 11.6 Å². The number of pyridine rings is 1. The summed E-state index contributed by atoms with van der Waals surface area (Å²) < 4.78 is 12.9. The van der Waals surface area contributed by atoms with Crippen LogP contribution in [0.3, 0.4) is 0 Å². The van der Waals surface area contributed by atoms with Gasteiger partial charge >= 0.3 is 0 Å². The van der Waals surface area contributed by atoms with E-state index in [9.17, 15) is 4.39 Å². The summed E-state index contributed by atoms with van der Waals surface area (Å²) in [6.45, 7) is 2.59. The van der Waals surface area contributed by atoms with E-state index in [-0.39, 0.29) is 5.82 Å². The maximum absolute atomic E-state index is 12.9. The number of anilines is 1. The number of hydrogen-bond donors (Lipinski definition) is 1. The number of hydrogen-bond acceptors (Lipinski definition) is 2. The van der Waals surface area contributed by atoms with Gasteiger partial charge in [-0.1, -0.05) is 23.2 Å². The predicted octanol–water partition coefficient (Wildman–Crippen LogP) is 4.95. The molecule has 0 spiro atoms. The summed E-state index contributed by atoms with van der Waals surface area (Å²) in [7, 11) is 0. The molecule has 21 heavy (non-hydrogen) atoms. The summed E-state index contributed by atoms with van der Waals surface area (Å²) in [5, 5.41) is 4.77. The maximum Gasteiger partial charge on any atom is 0.134 e. The fourth-order valence-electron chi connectivity index (χ4n) is 2.21. The molecule has 0 fully saturated rings. The Morgan fingerprint density at radius 3 is 2.62 bits per heavy atom. The minimum Gasteiger partial charge on any atom is -0.381 e. The summed E-state index contributed by atoms with van der Waals surface area (Å²) in [4.78, 5) is 4.41. The van der Waals surface area contributed by atoms with Crippen LogP contribution in [-0.2, 0) is 6.54 Å². The van der Waals surface area contributed by atoms with E-state index >= 15 is 0 Å². The molecule has 0 saturated carbocycles. The largest absolute Gasteiger partial charge is 0.381 e. The van der Waals surface area contributed by atoms with Crippen molar-refractivity contribution in [2.24, 2.45) is 0 Å². The number of nitrogens with one attached hydrogen (secondary N) is 1. The average molecular weight is 301 g/mol. The van der Waals surface area contributed by atoms with Gasteiger partial charge in [0.15, 0.2) is 0 Å². The van der Waals surface area contributed by atoms with Crippen molar-refractivity contribution in [2.75, 3.05) is 5.32 Å². The first-order valence-corrected chi connectivity index (χ1v) is 7.05. The number of aromatic nitrogens is 1. The lowest BCUT2D eigenvalue weighted by Crippen LogP contribution is -2.01. The Morgan fingerprint density at radius 1 is 1.10 bits per heavy atom. The first kappa shape index (κ1) is 13.8. The average Bonchev–Trinajstić information content (AvgIpc) is 2.47. The first-order valence-electron chi connectivity index (χ1n) is 6.67. The highest BCUT2D eigenvalue weighted by Gasteiger charge is 2.05. The Balaban J connectivity index is 1.86. The third kappa shape index (κ3) is 3.14. The van der Waals surface area contributed by atoms with Crippen LogP contribution < -0.4 is 5.32 Å². The molecule has 0 bridgehead atoms. The van der Waals surface area contributed by atoms with E-state index in [2.05, 4.69) is 16.4 Å². The van der Waals surface area contributed by atoms with E-state index in [1.54, 1.807) is 12.1 Å². The van der Waals surface area contributed by atoms with Crippen LogP contribution in [0, 0.1) is 12.7 Å². The first-order chi connectivity index (χ1) is 10.1. The molecular formula is C17H14ClFN2. The molecule has 2 aromatic carbocycles. The van der Waals surface area contributed by atoms with Crippen LogP contribution in [0.4, 0.5) is 10.1 Å². The minimum atomic E-state index is -0.249. The van der Waals surface area contributed by atoms with E-state index in [1.165, 1.54) is 17.7 Å². The normalized spacial score (nSPS) is 10.8. The molecule has 0 saturated heterocycles. The number of halogens is 2. The quantitative estimate of drug-likeness (QED) is 0.692. The molecule has 1 heterocycles. The van der Waals surface area contributed by atoms with Crippen molar-refractivity contribution in [1.82, 2.24) is 4.98 Å². The van der Waals surface area contributed by atoms with Gasteiger partial charge < -0.3 is 5.32 Å². The summed E-state index contributed by atoms with van der Waals surface area (Å²) in [5.41, 5.74) is 3.83. The standard InChI is InChI=1S/C17H14ClFN2/c1-11-2-7-16-12(8-11)9-13(17(18)21-16)10-20-15-5-3-14(19)4-6-15/h2-9,20H,10H2,1H3. The topological polar surface area (TPSA) is 24.9 Å². The Hall–Kier alpha value is -2.13. The second-order valence-electron chi connectivity index (χ2n) is 4.99. The van der Waals surface area contributed by atoms with Gasteiger partial charge in [0.1, 0.15) is 11.0 Å². The smallest absolute Gasteiger partial charge is 0.134 e. The molecular weight excluding hydrogens is 287 g/mol. The van der Waals surface area contributed by atoms with Crippen molar-refractivity contribution in [2.45, 2.75) is 13.5 Å². The highest BCUT2D eigenvalue weighted by atomic mass is 35.5. The number of nitrogens with zero attached hydrogens (tertiary/aromatic N) is 1. The molecule has 3 aromatic rings. The molecule has 1 aromatic heterocycles. The van der Waals surface area contributed by atoms with Crippen molar-refractivity contribution in [3.8, 4) is 0 Å². The molecule has 0 aliphatic carbocycles. The number of aryl methyl sites for hydroxylation is 1. The van der Waals surface area contributed by atoms with Crippen LogP contribution in [0.2, 0.25) is 5.15 Å². The Morgan fingerprint density at radius 2 is 1.86 bits per heavy atom. The molecule has 0 atom stereocenters. The van der Waals surface area contributed by atoms with E-state index < -0.39 is 0 Å². The Labute approximate surface area is 127 Å². The lowest BCUT2D eigenvalue weighted by atomic mass is 10.1. The Kier molecular flexibility index (Phi) is 3.76. The van der Waals surface area contributed by atoms with Gasteiger partial charge in [-0.3, -0.25) is 0 Å². The van der Waals surface area contributed by atoms with Crippen LogP contribution in [0.5, 0.6) is 0 Å². The summed E-state index contributed by atoms with van der Waals surface area (Å²) in [6, 6.07) is 14.3. The maximum atomic E-state index is 12.9. The van der Waals surface area contributed by atoms with E-state index in [0.717, 1.165) is 22.2 Å². The van der Waals surface area contributed by atoms with Crippen LogP contribution in [0.1, 0.15) is 11.1 Å². The van der Waals surface area contributed by atoms with Gasteiger partial charge in [0, 0.05) is 23.2 Å². The predicted molar refractivity (Wildman–Crippen MR) is 85.2 cm³/mol. The van der Waals surface area contributed by atoms with Gasteiger partial charge in [-0.15, -0.1) is 0 Å². The molecule has 2 nitrogen and oxygen atoms in total. The second-order valence-corrected chi connectivity index (χ2v) is 5.35. The van der Waals surface area contributed by atoms with Crippen molar-refractivity contribution < 1.29 is 4.39 Å². The van der Waals surface area contributed by atoms with Crippen molar-refractivity contribution >= 4 is 28.2 Å². The Bertz CT molecular complexity index is 785. The molecule has 0 aliphatic rings. The number of benzene rings is 2. The molecule has 1 N–H and O–H groups in total. The van der Waals surface area contributed by atoms with E-state index in [1.807, 2.05) is 25.1 Å². The molecule has 4 heteroatoms. The fourth-order valence-corrected chi connectivity index (χ4v) is 2.42. The second kappa shape index (κ2) is 5.70. The third-order valence-corrected chi connectivity index (χ3v) is 3.65. The monoisotopic (exact) mass is 300 g/mol. The molecule has 0 amide bonds. The molecule has 0 aliphatic heterocycles. The number of rotatable bonds is 3. The van der Waals surface area contributed by atoms with Gasteiger partial charge in [-0.2, -0.15) is 0 Å². The van der Waals surface area contributed by atoms with E-state index in [4.69, 9.17) is 11.6 Å². The van der Waals surface area contributed by atoms with Crippen LogP contribution in [0.15, 0.2) is 48.5 Å². The number of fused-ring (bicyclic) bond motifs is 1. The van der Waals surface area contributed by atoms with Gasteiger partial charge in [0.05, 0.1) is 5.52 Å². The SMILES string of the molecule is Cc1ccc2nc(Cl)c(CNc3ccc(F)cc3)cc2c1. The zero-order chi connectivity index (χ0) is 14.8. The zero-order valence-electron chi connectivity index (χ0n) is 11.5. The lowest BCUT2D eigenvalue weighted by Gasteiger charge is -2.09. The van der Waals surface area contributed by atoms with Crippen molar-refractivity contribution in [3.63, 3.8) is 0 Å². The van der Waals surface area contributed by atoms with Crippen LogP contribution in [0.25, 0.3) is 10.9 Å². The van der Waals surface area contributed by atoms with Crippen LogP contribution in [-0.4, -0.2) is 4.98 Å². The molecule has 106 valence electrons. The van der Waals surface area contributed by atoms with Gasteiger partial charge in [0.2, 0.25) is 0 Å². The third-order valence-electron chi connectivity index (χ3n) is 3.32. The summed E-state index contributed by atoms with van der Waals surface area (Å²) >= 11 is 6.22. The molecule has 0 unspecified atom stereocenters. The zero-order valence-corrected chi connectivity index (χ0v) is 12.3. The van der Waals surface area contributed by atoms with E-state index in [0.29, 0.717) is 11.7 Å². The van der Waals surface area contributed by atoms with Gasteiger partial charge in [-0.25, -0.2) is 9.37 Å². The molecule has 3 rings (SSSR count). The lowest BCUT2D eigenvalue weighted by molar-refractivity contribution is 0.628. The summed E-state index contributed by atoms with van der Waals surface area (Å²) in [5.74, 6) is -0.249. The van der Waals surface area contributed by atoms with Crippen molar-refractivity contribution in [1.29, 1.82) is 0 Å². The van der Waals surface area contributed by atoms with Gasteiger partial charge in [-0.05, 0) is 49.4 Å². The van der Waals surface area contributed by atoms with Crippen molar-refractivity contribution in [3.05, 3.63) is 70.6 Å². The van der Waals surface area contributed by atoms with Gasteiger partial charge in [0.25, 0.3) is 0 Å². The molecule has 0 radical (unpaired) electrons. The minimum absolute atomic E-state index is 0.249. The fraction of sp³-hybridized carbons (Fsp3) is 0.118.